The number of aromatic nitrogens is 2. The first-order valence-electron chi connectivity index (χ1n) is 8.83. The van der Waals surface area contributed by atoms with E-state index in [1.54, 1.807) is 24.4 Å². The van der Waals surface area contributed by atoms with Crippen LogP contribution in [0.2, 0.25) is 0 Å². The molecule has 4 rings (SSSR count). The van der Waals surface area contributed by atoms with E-state index in [1.807, 2.05) is 4.68 Å². The fraction of sp³-hybridized carbons (Fsp3) is 0.278. The van der Waals surface area contributed by atoms with Gasteiger partial charge in [0.1, 0.15) is 0 Å². The van der Waals surface area contributed by atoms with Gasteiger partial charge in [-0.3, -0.25) is 29.8 Å². The molecule has 0 unspecified atom stereocenters. The predicted octanol–water partition coefficient (Wildman–Crippen LogP) is 2.63. The predicted molar refractivity (Wildman–Crippen MR) is 103 cm³/mol. The molecule has 10 nitrogen and oxygen atoms in total. The molecule has 1 aliphatic rings. The lowest BCUT2D eigenvalue weighted by molar-refractivity contribution is -0.385. The first kappa shape index (κ1) is 17.9. The Morgan fingerprint density at radius 3 is 2.18 bits per heavy atom. The first-order chi connectivity index (χ1) is 13.5. The van der Waals surface area contributed by atoms with Gasteiger partial charge < -0.3 is 4.90 Å². The fourth-order valence-electron chi connectivity index (χ4n) is 3.42. The Morgan fingerprint density at radius 1 is 0.893 bits per heavy atom. The van der Waals surface area contributed by atoms with E-state index in [1.165, 1.54) is 24.3 Å². The maximum atomic E-state index is 10.9. The minimum Gasteiger partial charge on any atom is -0.369 e. The van der Waals surface area contributed by atoms with E-state index >= 15 is 0 Å². The van der Waals surface area contributed by atoms with E-state index in [-0.39, 0.29) is 11.4 Å². The number of nitro benzene ring substituents is 2. The number of hydrogen-bond acceptors (Lipinski definition) is 7. The summed E-state index contributed by atoms with van der Waals surface area (Å²) in [7, 11) is 0. The Bertz CT molecular complexity index is 1020. The molecule has 1 saturated heterocycles. The van der Waals surface area contributed by atoms with Gasteiger partial charge in [-0.2, -0.15) is 5.10 Å². The molecule has 0 saturated carbocycles. The van der Waals surface area contributed by atoms with Crippen LogP contribution in [0.3, 0.4) is 0 Å². The lowest BCUT2D eigenvalue weighted by Crippen LogP contribution is -2.46. The van der Waals surface area contributed by atoms with Gasteiger partial charge in [0.2, 0.25) is 0 Å². The molecule has 144 valence electrons. The first-order valence-corrected chi connectivity index (χ1v) is 8.83. The maximum absolute atomic E-state index is 10.9. The highest BCUT2D eigenvalue weighted by Gasteiger charge is 2.19. The molecule has 1 fully saturated rings. The minimum absolute atomic E-state index is 0.0590. The summed E-state index contributed by atoms with van der Waals surface area (Å²) < 4.78 is 1.85. The monoisotopic (exact) mass is 382 g/mol. The highest BCUT2D eigenvalue weighted by molar-refractivity contribution is 5.81. The van der Waals surface area contributed by atoms with Crippen molar-refractivity contribution in [3.8, 4) is 0 Å². The van der Waals surface area contributed by atoms with Crippen LogP contribution >= 0.6 is 0 Å². The van der Waals surface area contributed by atoms with Gasteiger partial charge in [0.15, 0.2) is 0 Å². The molecular weight excluding hydrogens is 364 g/mol. The average molecular weight is 382 g/mol. The standard InChI is InChI=1S/C18H18N6O4/c25-23(26)16-3-1-15(2-4-16)21-9-7-20(8-10-21)13-22-18-6-5-17(24(27)28)11-14(18)12-19-22/h1-6,11-12H,7-10,13H2. The van der Waals surface area contributed by atoms with E-state index < -0.39 is 9.85 Å². The Labute approximate surface area is 159 Å². The quantitative estimate of drug-likeness (QED) is 0.493. The molecule has 1 aromatic heterocycles. The van der Waals surface area contributed by atoms with Gasteiger partial charge in [-0.25, -0.2) is 0 Å². The zero-order valence-corrected chi connectivity index (χ0v) is 15.0. The largest absolute Gasteiger partial charge is 0.369 e. The molecule has 0 bridgehead atoms. The number of nitro groups is 2. The van der Waals surface area contributed by atoms with Crippen molar-refractivity contribution < 1.29 is 9.85 Å². The van der Waals surface area contributed by atoms with Gasteiger partial charge in [-0.05, 0) is 18.2 Å². The van der Waals surface area contributed by atoms with Crippen LogP contribution in [0.15, 0.2) is 48.7 Å². The van der Waals surface area contributed by atoms with Gasteiger partial charge in [-0.1, -0.05) is 0 Å². The summed E-state index contributed by atoms with van der Waals surface area (Å²) in [5.41, 5.74) is 1.99. The zero-order chi connectivity index (χ0) is 19.7. The molecular formula is C18H18N6O4. The van der Waals surface area contributed by atoms with Gasteiger partial charge in [0, 0.05) is 61.5 Å². The second-order valence-electron chi connectivity index (χ2n) is 6.66. The molecule has 1 aliphatic heterocycles. The molecule has 28 heavy (non-hydrogen) atoms. The Balaban J connectivity index is 1.40. The highest BCUT2D eigenvalue weighted by atomic mass is 16.6. The van der Waals surface area contributed by atoms with E-state index in [0.717, 1.165) is 42.8 Å². The number of hydrogen-bond donors (Lipinski definition) is 0. The number of benzene rings is 2. The third-order valence-corrected chi connectivity index (χ3v) is 4.97. The van der Waals surface area contributed by atoms with Crippen LogP contribution in [-0.2, 0) is 6.67 Å². The van der Waals surface area contributed by atoms with Crippen molar-refractivity contribution in [3.63, 3.8) is 0 Å². The van der Waals surface area contributed by atoms with Gasteiger partial charge in [-0.15, -0.1) is 0 Å². The molecule has 0 aliphatic carbocycles. The second kappa shape index (κ2) is 7.24. The van der Waals surface area contributed by atoms with Crippen LogP contribution in [0.4, 0.5) is 17.1 Å². The number of rotatable bonds is 5. The third kappa shape index (κ3) is 3.49. The third-order valence-electron chi connectivity index (χ3n) is 4.97. The molecule has 10 heteroatoms. The molecule has 0 N–H and O–H groups in total. The lowest BCUT2D eigenvalue weighted by atomic mass is 10.2. The van der Waals surface area contributed by atoms with E-state index in [9.17, 15) is 20.2 Å². The minimum atomic E-state index is -0.409. The summed E-state index contributed by atoms with van der Waals surface area (Å²) in [5, 5.41) is 26.8. The molecule has 0 atom stereocenters. The molecule has 3 aromatic rings. The van der Waals surface area contributed by atoms with Crippen molar-refractivity contribution >= 4 is 28.0 Å². The van der Waals surface area contributed by atoms with Crippen molar-refractivity contribution in [2.45, 2.75) is 6.67 Å². The normalized spacial score (nSPS) is 15.1. The summed E-state index contributed by atoms with van der Waals surface area (Å²) in [6.07, 6.45) is 1.65. The molecule has 0 radical (unpaired) electrons. The molecule has 2 aromatic carbocycles. The molecule has 0 spiro atoms. The van der Waals surface area contributed by atoms with Gasteiger partial charge >= 0.3 is 0 Å². The van der Waals surface area contributed by atoms with Crippen molar-refractivity contribution in [3.05, 3.63) is 68.9 Å². The Kier molecular flexibility index (Phi) is 4.62. The van der Waals surface area contributed by atoms with Gasteiger partial charge in [0.25, 0.3) is 11.4 Å². The van der Waals surface area contributed by atoms with E-state index in [0.29, 0.717) is 6.67 Å². The van der Waals surface area contributed by atoms with E-state index in [2.05, 4.69) is 14.9 Å². The van der Waals surface area contributed by atoms with Crippen molar-refractivity contribution in [2.24, 2.45) is 0 Å². The van der Waals surface area contributed by atoms with Crippen LogP contribution in [0.5, 0.6) is 0 Å². The fourth-order valence-corrected chi connectivity index (χ4v) is 3.42. The van der Waals surface area contributed by atoms with Gasteiger partial charge in [0.05, 0.1) is 28.2 Å². The van der Waals surface area contributed by atoms with Crippen molar-refractivity contribution in [2.75, 3.05) is 31.1 Å². The summed E-state index contributed by atoms with van der Waals surface area (Å²) in [6, 6.07) is 11.4. The summed E-state index contributed by atoms with van der Waals surface area (Å²) in [6.45, 7) is 3.87. The topological polar surface area (TPSA) is 111 Å². The van der Waals surface area contributed by atoms with Crippen LogP contribution in [-0.4, -0.2) is 50.7 Å². The Morgan fingerprint density at radius 2 is 1.54 bits per heavy atom. The number of non-ortho nitro benzene ring substituents is 2. The number of anilines is 1. The molecule has 2 heterocycles. The average Bonchev–Trinajstić information content (AvgIpc) is 3.10. The molecule has 0 amide bonds. The number of piperazine rings is 1. The van der Waals surface area contributed by atoms with Crippen molar-refractivity contribution in [1.29, 1.82) is 0 Å². The zero-order valence-electron chi connectivity index (χ0n) is 15.0. The van der Waals surface area contributed by atoms with Crippen LogP contribution in [0.25, 0.3) is 10.9 Å². The second-order valence-corrected chi connectivity index (χ2v) is 6.66. The van der Waals surface area contributed by atoms with Crippen molar-refractivity contribution in [1.82, 2.24) is 14.7 Å². The van der Waals surface area contributed by atoms with Crippen LogP contribution in [0, 0.1) is 20.2 Å². The van der Waals surface area contributed by atoms with Crippen LogP contribution in [0.1, 0.15) is 0 Å². The smallest absolute Gasteiger partial charge is 0.270 e. The number of nitrogens with zero attached hydrogens (tertiary/aromatic N) is 6. The Hall–Kier alpha value is -3.53. The number of fused-ring (bicyclic) bond motifs is 1. The summed E-state index contributed by atoms with van der Waals surface area (Å²) in [5.74, 6) is 0. The maximum Gasteiger partial charge on any atom is 0.270 e. The summed E-state index contributed by atoms with van der Waals surface area (Å²) >= 11 is 0. The van der Waals surface area contributed by atoms with Crippen LogP contribution < -0.4 is 4.90 Å². The highest BCUT2D eigenvalue weighted by Crippen LogP contribution is 2.23. The SMILES string of the molecule is O=[N+]([O-])c1ccc(N2CCN(Cn3ncc4cc([N+](=O)[O-])ccc43)CC2)cc1. The summed E-state index contributed by atoms with van der Waals surface area (Å²) in [4.78, 5) is 25.3. The lowest BCUT2D eigenvalue weighted by Gasteiger charge is -2.36. The van der Waals surface area contributed by atoms with E-state index in [4.69, 9.17) is 0 Å².